The molecule has 2 aromatic carbocycles. The quantitative estimate of drug-likeness (QED) is 0.848. The van der Waals surface area contributed by atoms with Crippen LogP contribution in [0.5, 0.6) is 11.5 Å². The molecule has 1 N–H and O–H groups in total. The fraction of sp³-hybridized carbons (Fsp3) is 0.0714. The molecule has 2 heteroatoms. The van der Waals surface area contributed by atoms with Crippen molar-refractivity contribution in [2.75, 3.05) is 0 Å². The van der Waals surface area contributed by atoms with Crippen LogP contribution in [0.1, 0.15) is 11.1 Å². The molecular formula is C14H13O2. The molecule has 1 radical (unpaired) electrons. The molecule has 0 heterocycles. The number of aliphatic hydroxyl groups excluding tert-OH is 1. The molecule has 0 fully saturated rings. The Morgan fingerprint density at radius 1 is 1.00 bits per heavy atom. The summed E-state index contributed by atoms with van der Waals surface area (Å²) >= 11 is 0. The van der Waals surface area contributed by atoms with Gasteiger partial charge in [-0.3, -0.25) is 0 Å². The number of hydrogen-bond donors (Lipinski definition) is 1. The minimum Gasteiger partial charge on any atom is -0.457 e. The van der Waals surface area contributed by atoms with E-state index in [0.29, 0.717) is 5.75 Å². The highest BCUT2D eigenvalue weighted by Crippen LogP contribution is 2.23. The van der Waals surface area contributed by atoms with Crippen molar-refractivity contribution >= 4 is 0 Å². The monoisotopic (exact) mass is 213 g/mol. The van der Waals surface area contributed by atoms with Gasteiger partial charge in [0.15, 0.2) is 0 Å². The lowest BCUT2D eigenvalue weighted by Crippen LogP contribution is -1.90. The van der Waals surface area contributed by atoms with Gasteiger partial charge in [-0.05, 0) is 42.3 Å². The van der Waals surface area contributed by atoms with Crippen LogP contribution < -0.4 is 4.74 Å². The van der Waals surface area contributed by atoms with E-state index in [4.69, 9.17) is 9.84 Å². The van der Waals surface area contributed by atoms with Crippen molar-refractivity contribution in [3.63, 3.8) is 0 Å². The van der Waals surface area contributed by atoms with Crippen LogP contribution >= 0.6 is 0 Å². The highest BCUT2D eigenvalue weighted by atomic mass is 16.5. The standard InChI is InChI=1S/C14H13O2/c1-11-7-8-14(9-12(11)10-15)16-13-5-3-2-4-6-13/h2-9,15H,1,10H2. The first kappa shape index (κ1) is 10.7. The van der Waals surface area contributed by atoms with Gasteiger partial charge in [0.1, 0.15) is 11.5 Å². The summed E-state index contributed by atoms with van der Waals surface area (Å²) in [5, 5.41) is 9.11. The van der Waals surface area contributed by atoms with Crippen LogP contribution in [0.4, 0.5) is 0 Å². The molecule has 0 atom stereocenters. The molecule has 0 aliphatic rings. The summed E-state index contributed by atoms with van der Waals surface area (Å²) in [5.41, 5.74) is 1.61. The SMILES string of the molecule is [CH2]c1ccc(Oc2ccccc2)cc1CO. The minimum absolute atomic E-state index is 0.0230. The Kier molecular flexibility index (Phi) is 3.22. The highest BCUT2D eigenvalue weighted by Gasteiger charge is 2.01. The Balaban J connectivity index is 2.22. The Hall–Kier alpha value is -1.80. The van der Waals surface area contributed by atoms with Gasteiger partial charge in [-0.1, -0.05) is 24.3 Å². The van der Waals surface area contributed by atoms with E-state index < -0.39 is 0 Å². The molecule has 0 saturated carbocycles. The maximum absolute atomic E-state index is 9.11. The molecule has 2 nitrogen and oxygen atoms in total. The van der Waals surface area contributed by atoms with Crippen LogP contribution in [-0.2, 0) is 6.61 Å². The van der Waals surface area contributed by atoms with Crippen LogP contribution in [-0.4, -0.2) is 5.11 Å². The zero-order valence-corrected chi connectivity index (χ0v) is 8.89. The van der Waals surface area contributed by atoms with E-state index in [2.05, 4.69) is 6.92 Å². The molecule has 0 bridgehead atoms. The molecule has 2 rings (SSSR count). The van der Waals surface area contributed by atoms with Gasteiger partial charge in [0, 0.05) is 0 Å². The Morgan fingerprint density at radius 3 is 2.44 bits per heavy atom. The number of benzene rings is 2. The maximum Gasteiger partial charge on any atom is 0.127 e. The fourth-order valence-electron chi connectivity index (χ4n) is 1.44. The van der Waals surface area contributed by atoms with Crippen LogP contribution in [0.15, 0.2) is 48.5 Å². The van der Waals surface area contributed by atoms with Crippen LogP contribution in [0.3, 0.4) is 0 Å². The molecular weight excluding hydrogens is 200 g/mol. The van der Waals surface area contributed by atoms with Crippen molar-refractivity contribution < 1.29 is 9.84 Å². The smallest absolute Gasteiger partial charge is 0.127 e. The molecule has 0 saturated heterocycles. The molecule has 2 aromatic rings. The van der Waals surface area contributed by atoms with E-state index in [9.17, 15) is 0 Å². The summed E-state index contributed by atoms with van der Waals surface area (Å²) in [6.45, 7) is 3.80. The highest BCUT2D eigenvalue weighted by molar-refractivity contribution is 5.39. The van der Waals surface area contributed by atoms with Gasteiger partial charge in [-0.25, -0.2) is 0 Å². The van der Waals surface area contributed by atoms with Crippen LogP contribution in [0.25, 0.3) is 0 Å². The average Bonchev–Trinajstić information content (AvgIpc) is 2.33. The summed E-state index contributed by atoms with van der Waals surface area (Å²) in [6.07, 6.45) is 0. The largest absolute Gasteiger partial charge is 0.457 e. The van der Waals surface area contributed by atoms with E-state index in [-0.39, 0.29) is 6.61 Å². The van der Waals surface area contributed by atoms with Gasteiger partial charge < -0.3 is 9.84 Å². The Bertz CT molecular complexity index is 463. The molecule has 0 aliphatic heterocycles. The summed E-state index contributed by atoms with van der Waals surface area (Å²) in [5.74, 6) is 1.49. The van der Waals surface area contributed by atoms with Crippen molar-refractivity contribution in [2.45, 2.75) is 6.61 Å². The summed E-state index contributed by atoms with van der Waals surface area (Å²) < 4.78 is 5.64. The second-order valence-electron chi connectivity index (χ2n) is 3.50. The number of ether oxygens (including phenoxy) is 1. The number of hydrogen-bond acceptors (Lipinski definition) is 2. The first-order valence-corrected chi connectivity index (χ1v) is 5.08. The van der Waals surface area contributed by atoms with Crippen molar-refractivity contribution in [3.05, 3.63) is 66.6 Å². The van der Waals surface area contributed by atoms with Crippen LogP contribution in [0.2, 0.25) is 0 Å². The lowest BCUT2D eigenvalue weighted by molar-refractivity contribution is 0.281. The zero-order chi connectivity index (χ0) is 11.4. The lowest BCUT2D eigenvalue weighted by Gasteiger charge is -2.08. The normalized spacial score (nSPS) is 10.1. The number of aliphatic hydroxyl groups is 1. The minimum atomic E-state index is -0.0230. The third-order valence-corrected chi connectivity index (χ3v) is 2.33. The van der Waals surface area contributed by atoms with Gasteiger partial charge in [0.05, 0.1) is 6.61 Å². The fourth-order valence-corrected chi connectivity index (χ4v) is 1.44. The molecule has 16 heavy (non-hydrogen) atoms. The van der Waals surface area contributed by atoms with E-state index in [1.807, 2.05) is 42.5 Å². The van der Waals surface area contributed by atoms with E-state index in [0.717, 1.165) is 16.9 Å². The zero-order valence-electron chi connectivity index (χ0n) is 8.89. The van der Waals surface area contributed by atoms with Crippen molar-refractivity contribution in [1.29, 1.82) is 0 Å². The van der Waals surface area contributed by atoms with Crippen molar-refractivity contribution in [3.8, 4) is 11.5 Å². The van der Waals surface area contributed by atoms with Crippen LogP contribution in [0, 0.1) is 6.92 Å². The summed E-state index contributed by atoms with van der Waals surface area (Å²) in [7, 11) is 0. The predicted octanol–water partition coefficient (Wildman–Crippen LogP) is 3.15. The van der Waals surface area contributed by atoms with E-state index in [1.54, 1.807) is 6.07 Å². The van der Waals surface area contributed by atoms with Gasteiger partial charge in [-0.15, -0.1) is 0 Å². The lowest BCUT2D eigenvalue weighted by atomic mass is 10.1. The third kappa shape index (κ3) is 2.41. The van der Waals surface area contributed by atoms with Gasteiger partial charge in [-0.2, -0.15) is 0 Å². The number of para-hydroxylation sites is 1. The second kappa shape index (κ2) is 4.81. The molecule has 0 amide bonds. The molecule has 0 aromatic heterocycles. The Labute approximate surface area is 95.1 Å². The summed E-state index contributed by atoms with van der Waals surface area (Å²) in [4.78, 5) is 0. The number of rotatable bonds is 3. The second-order valence-corrected chi connectivity index (χ2v) is 3.50. The molecule has 0 spiro atoms. The van der Waals surface area contributed by atoms with Gasteiger partial charge in [0.25, 0.3) is 0 Å². The van der Waals surface area contributed by atoms with Crippen molar-refractivity contribution in [2.24, 2.45) is 0 Å². The molecule has 0 aliphatic carbocycles. The maximum atomic E-state index is 9.11. The molecule has 0 unspecified atom stereocenters. The summed E-state index contributed by atoms with van der Waals surface area (Å²) in [6, 6.07) is 15.0. The predicted molar refractivity (Wildman–Crippen MR) is 63.3 cm³/mol. The van der Waals surface area contributed by atoms with Gasteiger partial charge in [0.2, 0.25) is 0 Å². The first-order chi connectivity index (χ1) is 7.79. The third-order valence-electron chi connectivity index (χ3n) is 2.33. The average molecular weight is 213 g/mol. The van der Waals surface area contributed by atoms with Crippen molar-refractivity contribution in [1.82, 2.24) is 0 Å². The molecule has 81 valence electrons. The first-order valence-electron chi connectivity index (χ1n) is 5.08. The van der Waals surface area contributed by atoms with E-state index >= 15 is 0 Å². The van der Waals surface area contributed by atoms with E-state index in [1.165, 1.54) is 0 Å². The topological polar surface area (TPSA) is 29.5 Å². The Morgan fingerprint density at radius 2 is 1.75 bits per heavy atom. The van der Waals surface area contributed by atoms with Gasteiger partial charge >= 0.3 is 0 Å².